The first-order valence-corrected chi connectivity index (χ1v) is 5.94. The Labute approximate surface area is 115 Å². The van der Waals surface area contributed by atoms with E-state index in [1.165, 1.54) is 11.8 Å². The maximum atomic E-state index is 11.8. The van der Waals surface area contributed by atoms with Gasteiger partial charge in [0.1, 0.15) is 0 Å². The third-order valence-electron chi connectivity index (χ3n) is 2.21. The molecule has 2 rings (SSSR count). The number of aryl methyl sites for hydroxylation is 1. The van der Waals surface area contributed by atoms with Gasteiger partial charge >= 0.3 is 0 Å². The second-order valence-electron chi connectivity index (χ2n) is 3.40. The molecule has 0 N–H and O–H groups in total. The number of carbonyl (C=O) groups is 1. The topological polar surface area (TPSA) is 34.9 Å². The van der Waals surface area contributed by atoms with E-state index in [2.05, 4.69) is 4.98 Å². The van der Waals surface area contributed by atoms with Gasteiger partial charge in [-0.25, -0.2) is 4.98 Å². The molecule has 2 aromatic rings. The number of Topliss-reactive ketones (excluding diaryl/α,β-unsaturated/α-hetero) is 1. The van der Waals surface area contributed by atoms with Crippen molar-refractivity contribution in [3.8, 4) is 0 Å². The smallest absolute Gasteiger partial charge is 0.173 e. The molecule has 0 atom stereocenters. The number of aromatic nitrogens is 2. The number of imidazole rings is 1. The third kappa shape index (κ3) is 3.71. The highest BCUT2D eigenvalue weighted by atomic mass is 79.9. The zero-order valence-corrected chi connectivity index (χ0v) is 11.7. The summed E-state index contributed by atoms with van der Waals surface area (Å²) in [7, 11) is 1.92. The molecule has 1 aromatic carbocycles. The molecule has 1 heterocycles. The first-order valence-electron chi connectivity index (χ1n) is 4.96. The van der Waals surface area contributed by atoms with Crippen LogP contribution >= 0.6 is 11.8 Å². The van der Waals surface area contributed by atoms with E-state index in [-0.39, 0.29) is 22.8 Å². The number of nitrogens with zero attached hydrogens (tertiary/aromatic N) is 2. The van der Waals surface area contributed by atoms with Crippen molar-refractivity contribution >= 4 is 17.5 Å². The molecule has 0 aliphatic rings. The molecular weight excluding hydrogens is 300 g/mol. The lowest BCUT2D eigenvalue weighted by atomic mass is 10.2. The fourth-order valence-corrected chi connectivity index (χ4v) is 2.16. The van der Waals surface area contributed by atoms with E-state index >= 15 is 0 Å². The van der Waals surface area contributed by atoms with Crippen LogP contribution in [0.25, 0.3) is 0 Å². The Morgan fingerprint density at radius 3 is 2.65 bits per heavy atom. The second-order valence-corrected chi connectivity index (χ2v) is 4.34. The molecule has 0 saturated heterocycles. The first-order chi connectivity index (χ1) is 7.77. The lowest BCUT2D eigenvalue weighted by molar-refractivity contribution is -0.0000111. The van der Waals surface area contributed by atoms with Crippen LogP contribution in [0, 0.1) is 0 Å². The fourth-order valence-electron chi connectivity index (χ4n) is 1.33. The molecule has 0 fully saturated rings. The van der Waals surface area contributed by atoms with Gasteiger partial charge in [0.25, 0.3) is 0 Å². The molecule has 90 valence electrons. The maximum Gasteiger partial charge on any atom is 0.173 e. The number of ketones is 1. The van der Waals surface area contributed by atoms with Crippen LogP contribution < -0.4 is 17.0 Å². The fraction of sp³-hybridized carbons (Fsp3) is 0.167. The summed E-state index contributed by atoms with van der Waals surface area (Å²) in [5, 5.41) is 0.865. The van der Waals surface area contributed by atoms with Crippen LogP contribution in [0.1, 0.15) is 10.4 Å². The zero-order chi connectivity index (χ0) is 11.4. The predicted molar refractivity (Wildman–Crippen MR) is 64.7 cm³/mol. The molecule has 0 spiro atoms. The van der Waals surface area contributed by atoms with Gasteiger partial charge in [-0.05, 0) is 0 Å². The number of hydrogen-bond acceptors (Lipinski definition) is 3. The van der Waals surface area contributed by atoms with E-state index in [1.54, 1.807) is 6.20 Å². The van der Waals surface area contributed by atoms with Crippen molar-refractivity contribution in [2.24, 2.45) is 7.05 Å². The molecule has 0 saturated carbocycles. The molecule has 3 nitrogen and oxygen atoms in total. The Balaban J connectivity index is 0.00000144. The maximum absolute atomic E-state index is 11.8. The predicted octanol–water partition coefficient (Wildman–Crippen LogP) is -0.601. The minimum atomic E-state index is 0. The van der Waals surface area contributed by atoms with Crippen LogP contribution in [0.3, 0.4) is 0 Å². The molecule has 0 aliphatic carbocycles. The molecule has 1 aromatic heterocycles. The van der Waals surface area contributed by atoms with Crippen molar-refractivity contribution in [3.05, 3.63) is 48.3 Å². The minimum absolute atomic E-state index is 0. The standard InChI is InChI=1S/C12H12N2OS.BrH/c1-14-8-7-13-12(14)16-9-11(15)10-5-3-2-4-6-10;/h2-8H,9H2,1H3;1H/p-1. The average Bonchev–Trinajstić information content (AvgIpc) is 2.73. The van der Waals surface area contributed by atoms with E-state index in [0.717, 1.165) is 10.7 Å². The second kappa shape index (κ2) is 6.61. The monoisotopic (exact) mass is 311 g/mol. The van der Waals surface area contributed by atoms with E-state index in [0.29, 0.717) is 5.75 Å². The third-order valence-corrected chi connectivity index (χ3v) is 3.26. The van der Waals surface area contributed by atoms with Gasteiger partial charge in [0.15, 0.2) is 10.9 Å². The van der Waals surface area contributed by atoms with Gasteiger partial charge < -0.3 is 21.5 Å². The zero-order valence-electron chi connectivity index (χ0n) is 9.34. The van der Waals surface area contributed by atoms with Crippen LogP contribution in [0.2, 0.25) is 0 Å². The lowest BCUT2D eigenvalue weighted by Crippen LogP contribution is -3.00. The Morgan fingerprint density at radius 2 is 2.06 bits per heavy atom. The highest BCUT2D eigenvalue weighted by molar-refractivity contribution is 7.99. The van der Waals surface area contributed by atoms with Gasteiger partial charge in [-0.1, -0.05) is 42.1 Å². The lowest BCUT2D eigenvalue weighted by Gasteiger charge is -2.01. The van der Waals surface area contributed by atoms with E-state index in [4.69, 9.17) is 0 Å². The summed E-state index contributed by atoms with van der Waals surface area (Å²) in [5.74, 6) is 0.558. The number of rotatable bonds is 4. The van der Waals surface area contributed by atoms with Crippen LogP contribution in [-0.4, -0.2) is 21.1 Å². The summed E-state index contributed by atoms with van der Waals surface area (Å²) >= 11 is 1.46. The Morgan fingerprint density at radius 1 is 1.35 bits per heavy atom. The summed E-state index contributed by atoms with van der Waals surface area (Å²) < 4.78 is 1.91. The van der Waals surface area contributed by atoms with Gasteiger partial charge in [-0.3, -0.25) is 4.79 Å². The number of halogens is 1. The van der Waals surface area contributed by atoms with Gasteiger partial charge in [0.05, 0.1) is 5.75 Å². The first kappa shape index (κ1) is 14.0. The summed E-state index contributed by atoms with van der Waals surface area (Å²) in [4.78, 5) is 15.9. The molecule has 0 radical (unpaired) electrons. The van der Waals surface area contributed by atoms with Crippen molar-refractivity contribution in [1.82, 2.24) is 9.55 Å². The Kier molecular flexibility index (Phi) is 5.44. The highest BCUT2D eigenvalue weighted by Gasteiger charge is 2.07. The van der Waals surface area contributed by atoms with E-state index < -0.39 is 0 Å². The highest BCUT2D eigenvalue weighted by Crippen LogP contribution is 2.16. The SMILES string of the molecule is Cn1ccnc1SCC(=O)c1ccccc1.[Br-]. The van der Waals surface area contributed by atoms with Crippen LogP contribution in [0.15, 0.2) is 47.9 Å². The molecule has 17 heavy (non-hydrogen) atoms. The molecule has 0 aliphatic heterocycles. The normalized spacial score (nSPS) is 9.71. The van der Waals surface area contributed by atoms with Crippen molar-refractivity contribution in [2.45, 2.75) is 5.16 Å². The van der Waals surface area contributed by atoms with Gasteiger partial charge in [-0.15, -0.1) is 0 Å². The van der Waals surface area contributed by atoms with Crippen molar-refractivity contribution in [1.29, 1.82) is 0 Å². The van der Waals surface area contributed by atoms with Gasteiger partial charge in [0.2, 0.25) is 0 Å². The van der Waals surface area contributed by atoms with Crippen molar-refractivity contribution in [3.63, 3.8) is 0 Å². The van der Waals surface area contributed by atoms with Crippen LogP contribution in [0.4, 0.5) is 0 Å². The Bertz CT molecular complexity index is 484. The summed E-state index contributed by atoms with van der Waals surface area (Å²) in [6.45, 7) is 0. The molecule has 0 bridgehead atoms. The molecule has 0 amide bonds. The van der Waals surface area contributed by atoms with Crippen molar-refractivity contribution < 1.29 is 21.8 Å². The van der Waals surface area contributed by atoms with E-state index in [1.807, 2.05) is 48.1 Å². The number of benzene rings is 1. The summed E-state index contributed by atoms with van der Waals surface area (Å²) in [5.41, 5.74) is 0.754. The molecule has 5 heteroatoms. The quantitative estimate of drug-likeness (QED) is 0.559. The van der Waals surface area contributed by atoms with Crippen LogP contribution in [0.5, 0.6) is 0 Å². The molecule has 0 unspecified atom stereocenters. The number of hydrogen-bond donors (Lipinski definition) is 0. The minimum Gasteiger partial charge on any atom is -1.00 e. The van der Waals surface area contributed by atoms with Crippen molar-refractivity contribution in [2.75, 3.05) is 5.75 Å². The summed E-state index contributed by atoms with van der Waals surface area (Å²) in [6, 6.07) is 9.32. The Hall–Kier alpha value is -1.07. The average molecular weight is 312 g/mol. The number of carbonyl (C=O) groups excluding carboxylic acids is 1. The van der Waals surface area contributed by atoms with Crippen LogP contribution in [-0.2, 0) is 7.05 Å². The van der Waals surface area contributed by atoms with Gasteiger partial charge in [0, 0.05) is 25.0 Å². The van der Waals surface area contributed by atoms with E-state index in [9.17, 15) is 4.79 Å². The van der Waals surface area contributed by atoms with Gasteiger partial charge in [-0.2, -0.15) is 0 Å². The number of thioether (sulfide) groups is 1. The largest absolute Gasteiger partial charge is 1.00 e. The summed E-state index contributed by atoms with van der Waals surface area (Å²) in [6.07, 6.45) is 3.60. The molecular formula is C12H12BrN2OS-.